The molecule has 0 aliphatic heterocycles. The smallest absolute Gasteiger partial charge is 0.00125 e. The van der Waals surface area contributed by atoms with Crippen molar-refractivity contribution < 1.29 is 0 Å². The van der Waals surface area contributed by atoms with Crippen LogP contribution in [-0.4, -0.2) is 0 Å². The first-order valence-corrected chi connectivity index (χ1v) is 8.42. The van der Waals surface area contributed by atoms with Gasteiger partial charge in [-0.1, -0.05) is 104 Å². The fraction of sp³-hybridized carbons (Fsp3) is 0.364. The third kappa shape index (κ3) is 9.18. The van der Waals surface area contributed by atoms with Crippen LogP contribution < -0.4 is 0 Å². The summed E-state index contributed by atoms with van der Waals surface area (Å²) in [6, 6.07) is 10.3. The molecule has 1 atom stereocenters. The molecule has 1 aliphatic carbocycles. The number of rotatable bonds is 5. The molecular formula is C22H30. The molecule has 1 aromatic rings. The standard InChI is InChI=1S/C15H22.C7H8/c1-3-4-6-9-14(2)12-13-15-10-7-5-8-11-15;1-7-5-3-2-4-6-7/h5,7-10,12-13,15H,3-4,6,11H2,1-2H3;2-6H,1H3/b13-12-,14-9-;. The maximum Gasteiger partial charge on any atom is -0.00125 e. The Morgan fingerprint density at radius 3 is 2.50 bits per heavy atom. The third-order valence-corrected chi connectivity index (χ3v) is 3.58. The number of aryl methyl sites for hydroxylation is 1. The molecule has 0 radical (unpaired) electrons. The van der Waals surface area contributed by atoms with Gasteiger partial charge in [0.25, 0.3) is 0 Å². The second-order valence-corrected chi connectivity index (χ2v) is 5.82. The first-order valence-electron chi connectivity index (χ1n) is 8.42. The Bertz CT molecular complexity index is 500. The van der Waals surface area contributed by atoms with E-state index in [-0.39, 0.29) is 0 Å². The zero-order valence-corrected chi connectivity index (χ0v) is 14.3. The van der Waals surface area contributed by atoms with Gasteiger partial charge in [0.2, 0.25) is 0 Å². The fourth-order valence-electron chi connectivity index (χ4n) is 2.15. The minimum atomic E-state index is 0.601. The van der Waals surface area contributed by atoms with Crippen LogP contribution in [0, 0.1) is 12.8 Å². The van der Waals surface area contributed by atoms with Gasteiger partial charge in [-0.25, -0.2) is 0 Å². The van der Waals surface area contributed by atoms with Crippen molar-refractivity contribution >= 4 is 0 Å². The molecule has 2 rings (SSSR count). The second-order valence-electron chi connectivity index (χ2n) is 5.82. The highest BCUT2D eigenvalue weighted by molar-refractivity contribution is 5.21. The monoisotopic (exact) mass is 294 g/mol. The van der Waals surface area contributed by atoms with E-state index in [4.69, 9.17) is 0 Å². The minimum Gasteiger partial charge on any atom is -0.0837 e. The maximum absolute atomic E-state index is 2.34. The van der Waals surface area contributed by atoms with Crippen molar-refractivity contribution in [3.63, 3.8) is 0 Å². The summed E-state index contributed by atoms with van der Waals surface area (Å²) < 4.78 is 0. The molecule has 0 heteroatoms. The molecule has 0 N–H and O–H groups in total. The lowest BCUT2D eigenvalue weighted by molar-refractivity contribution is 0.809. The molecular weight excluding hydrogens is 264 g/mol. The summed E-state index contributed by atoms with van der Waals surface area (Å²) in [5.74, 6) is 0.601. The predicted molar refractivity (Wildman–Crippen MR) is 100.0 cm³/mol. The molecule has 0 aromatic heterocycles. The molecule has 22 heavy (non-hydrogen) atoms. The zero-order valence-electron chi connectivity index (χ0n) is 14.3. The van der Waals surface area contributed by atoms with Crippen LogP contribution in [0.15, 0.2) is 78.4 Å². The van der Waals surface area contributed by atoms with E-state index in [1.807, 2.05) is 18.2 Å². The van der Waals surface area contributed by atoms with Crippen LogP contribution >= 0.6 is 0 Å². The fourth-order valence-corrected chi connectivity index (χ4v) is 2.15. The van der Waals surface area contributed by atoms with Crippen LogP contribution in [0.1, 0.15) is 45.1 Å². The number of benzene rings is 1. The van der Waals surface area contributed by atoms with Crippen molar-refractivity contribution in [2.24, 2.45) is 5.92 Å². The van der Waals surface area contributed by atoms with E-state index in [2.05, 4.69) is 75.4 Å². The highest BCUT2D eigenvalue weighted by atomic mass is 14.0. The molecule has 0 nitrogen and oxygen atoms in total. The van der Waals surface area contributed by atoms with Crippen LogP contribution in [0.2, 0.25) is 0 Å². The normalized spacial score (nSPS) is 17.4. The molecule has 0 amide bonds. The van der Waals surface area contributed by atoms with Gasteiger partial charge < -0.3 is 0 Å². The van der Waals surface area contributed by atoms with Crippen molar-refractivity contribution in [2.45, 2.75) is 46.5 Å². The Labute approximate surface area is 137 Å². The van der Waals surface area contributed by atoms with E-state index in [9.17, 15) is 0 Å². The second kappa shape index (κ2) is 11.8. The SMILES string of the molecule is CCCC/C=C(C)\C=C/C1C=CC=CC1.Cc1ccccc1. The lowest BCUT2D eigenvalue weighted by Crippen LogP contribution is -1.91. The van der Waals surface area contributed by atoms with E-state index in [1.54, 1.807) is 0 Å². The van der Waals surface area contributed by atoms with Crippen LogP contribution in [0.25, 0.3) is 0 Å². The highest BCUT2D eigenvalue weighted by Crippen LogP contribution is 2.14. The molecule has 0 fully saturated rings. The summed E-state index contributed by atoms with van der Waals surface area (Å²) in [6.45, 7) is 6.51. The summed E-state index contributed by atoms with van der Waals surface area (Å²) >= 11 is 0. The first-order chi connectivity index (χ1) is 10.7. The van der Waals surface area contributed by atoms with Crippen LogP contribution in [0.5, 0.6) is 0 Å². The summed E-state index contributed by atoms with van der Waals surface area (Å²) in [7, 11) is 0. The number of hydrogen-bond acceptors (Lipinski definition) is 0. The third-order valence-electron chi connectivity index (χ3n) is 3.58. The van der Waals surface area contributed by atoms with E-state index < -0.39 is 0 Å². The Morgan fingerprint density at radius 2 is 1.95 bits per heavy atom. The van der Waals surface area contributed by atoms with Crippen molar-refractivity contribution in [2.75, 3.05) is 0 Å². The van der Waals surface area contributed by atoms with E-state index in [0.29, 0.717) is 5.92 Å². The molecule has 0 saturated carbocycles. The van der Waals surface area contributed by atoms with E-state index in [1.165, 1.54) is 30.4 Å². The van der Waals surface area contributed by atoms with Gasteiger partial charge in [-0.2, -0.15) is 0 Å². The van der Waals surface area contributed by atoms with Crippen molar-refractivity contribution in [3.8, 4) is 0 Å². The lowest BCUT2D eigenvalue weighted by Gasteiger charge is -2.06. The van der Waals surface area contributed by atoms with Gasteiger partial charge in [-0.05, 0) is 32.6 Å². The molecule has 118 valence electrons. The van der Waals surface area contributed by atoms with Crippen LogP contribution in [-0.2, 0) is 0 Å². The quantitative estimate of drug-likeness (QED) is 0.413. The number of allylic oxidation sites excluding steroid dienone is 8. The average Bonchev–Trinajstić information content (AvgIpc) is 2.55. The van der Waals surface area contributed by atoms with Gasteiger partial charge in [-0.3, -0.25) is 0 Å². The first kappa shape index (κ1) is 18.2. The van der Waals surface area contributed by atoms with Crippen LogP contribution in [0.4, 0.5) is 0 Å². The highest BCUT2D eigenvalue weighted by Gasteiger charge is 1.98. The predicted octanol–water partition coefficient (Wildman–Crippen LogP) is 6.81. The number of hydrogen-bond donors (Lipinski definition) is 0. The topological polar surface area (TPSA) is 0 Å². The van der Waals surface area contributed by atoms with Crippen LogP contribution in [0.3, 0.4) is 0 Å². The van der Waals surface area contributed by atoms with Gasteiger partial charge in [0.15, 0.2) is 0 Å². The average molecular weight is 294 g/mol. The van der Waals surface area contributed by atoms with Gasteiger partial charge in [0.1, 0.15) is 0 Å². The lowest BCUT2D eigenvalue weighted by atomic mass is 9.99. The van der Waals surface area contributed by atoms with Gasteiger partial charge >= 0.3 is 0 Å². The zero-order chi connectivity index (χ0) is 16.0. The van der Waals surface area contributed by atoms with Crippen molar-refractivity contribution in [1.82, 2.24) is 0 Å². The number of unbranched alkanes of at least 4 members (excludes halogenated alkanes) is 2. The Kier molecular flexibility index (Phi) is 9.78. The summed E-state index contributed by atoms with van der Waals surface area (Å²) in [5, 5.41) is 0. The van der Waals surface area contributed by atoms with Crippen molar-refractivity contribution in [1.29, 1.82) is 0 Å². The largest absolute Gasteiger partial charge is 0.0837 e. The van der Waals surface area contributed by atoms with Gasteiger partial charge in [0.05, 0.1) is 0 Å². The van der Waals surface area contributed by atoms with Crippen molar-refractivity contribution in [3.05, 3.63) is 84.0 Å². The summed E-state index contributed by atoms with van der Waals surface area (Å²) in [4.78, 5) is 0. The van der Waals surface area contributed by atoms with Gasteiger partial charge in [0, 0.05) is 0 Å². The summed E-state index contributed by atoms with van der Waals surface area (Å²) in [6.07, 6.45) is 20.6. The Morgan fingerprint density at radius 1 is 1.18 bits per heavy atom. The maximum atomic E-state index is 2.34. The molecule has 1 unspecified atom stereocenters. The molecule has 0 spiro atoms. The molecule has 0 saturated heterocycles. The molecule has 0 bridgehead atoms. The molecule has 1 aromatic carbocycles. The summed E-state index contributed by atoms with van der Waals surface area (Å²) in [5.41, 5.74) is 2.72. The van der Waals surface area contributed by atoms with E-state index >= 15 is 0 Å². The Hall–Kier alpha value is -1.82. The minimum absolute atomic E-state index is 0.601. The van der Waals surface area contributed by atoms with Gasteiger partial charge in [-0.15, -0.1) is 0 Å². The Balaban J connectivity index is 0.000000287. The molecule has 0 heterocycles. The molecule has 1 aliphatic rings. The van der Waals surface area contributed by atoms with E-state index in [0.717, 1.165) is 6.42 Å².